The van der Waals surface area contributed by atoms with Crippen LogP contribution in [0.25, 0.3) is 0 Å². The number of amides is 4. The van der Waals surface area contributed by atoms with Crippen LogP contribution in [-0.2, 0) is 30.1 Å². The highest BCUT2D eigenvalue weighted by atomic mass is 16.3. The molecule has 0 fully saturated rings. The maximum atomic E-state index is 13.2. The number of hydrogen-bond donors (Lipinski definition) is 4. The minimum absolute atomic E-state index is 0.0451. The lowest BCUT2D eigenvalue weighted by Gasteiger charge is -2.21. The van der Waals surface area contributed by atoms with Gasteiger partial charge in [-0.3, -0.25) is 33.1 Å². The molecule has 3 heterocycles. The van der Waals surface area contributed by atoms with Crippen molar-refractivity contribution in [3.05, 3.63) is 86.3 Å². The van der Waals surface area contributed by atoms with Crippen LogP contribution in [0.3, 0.4) is 0 Å². The zero-order valence-electron chi connectivity index (χ0n) is 23.5. The van der Waals surface area contributed by atoms with Crippen molar-refractivity contribution < 1.29 is 23.6 Å². The summed E-state index contributed by atoms with van der Waals surface area (Å²) in [5, 5.41) is 10.9. The van der Waals surface area contributed by atoms with Crippen LogP contribution < -0.4 is 32.5 Å². The van der Waals surface area contributed by atoms with E-state index < -0.39 is 47.1 Å². The third kappa shape index (κ3) is 7.00. The smallest absolute Gasteiger partial charge is 0.331 e. The van der Waals surface area contributed by atoms with Crippen LogP contribution in [0.2, 0.25) is 0 Å². The molecule has 4 N–H and O–H groups in total. The van der Waals surface area contributed by atoms with E-state index in [1.807, 2.05) is 30.3 Å². The van der Waals surface area contributed by atoms with E-state index in [1.165, 1.54) is 14.1 Å². The molecule has 1 aromatic carbocycles. The Morgan fingerprint density at radius 3 is 2.50 bits per heavy atom. The van der Waals surface area contributed by atoms with E-state index in [2.05, 4.69) is 26.3 Å². The van der Waals surface area contributed by atoms with Gasteiger partial charge in [0.2, 0.25) is 17.7 Å². The molecule has 4 amide bonds. The Balaban J connectivity index is 1.55. The van der Waals surface area contributed by atoms with Gasteiger partial charge in [0.15, 0.2) is 5.69 Å². The molecule has 42 heavy (non-hydrogen) atoms. The summed E-state index contributed by atoms with van der Waals surface area (Å²) < 4.78 is 7.32. The Morgan fingerprint density at radius 1 is 1.02 bits per heavy atom. The SMILES string of the molecule is C[C@@H]1NC(=O)[C@@H](NC(=O)c2cc(=O)n(C)c(=O)n2C)CCCCNC(=O)[C@H](Cc2ccccc2)NC(=O)c2coc1n2. The quantitative estimate of drug-likeness (QED) is 0.324. The predicted octanol–water partition coefficient (Wildman–Crippen LogP) is -0.311. The average molecular weight is 580 g/mol. The molecule has 0 saturated carbocycles. The topological polar surface area (TPSA) is 186 Å². The second-order valence-corrected chi connectivity index (χ2v) is 10.1. The van der Waals surface area contributed by atoms with Crippen LogP contribution in [0.15, 0.2) is 56.7 Å². The Hall–Kier alpha value is -5.01. The molecule has 0 radical (unpaired) electrons. The third-order valence-electron chi connectivity index (χ3n) is 6.99. The van der Waals surface area contributed by atoms with Gasteiger partial charge in [-0.05, 0) is 31.7 Å². The maximum Gasteiger partial charge on any atom is 0.331 e. The number of nitrogens with zero attached hydrogens (tertiary/aromatic N) is 3. The lowest BCUT2D eigenvalue weighted by atomic mass is 10.0. The molecule has 1 aliphatic heterocycles. The largest absolute Gasteiger partial charge is 0.446 e. The van der Waals surface area contributed by atoms with Gasteiger partial charge < -0.3 is 25.7 Å². The monoisotopic (exact) mass is 579 g/mol. The predicted molar refractivity (Wildman–Crippen MR) is 149 cm³/mol. The Morgan fingerprint density at radius 2 is 1.76 bits per heavy atom. The Kier molecular flexibility index (Phi) is 9.35. The number of oxazole rings is 1. The summed E-state index contributed by atoms with van der Waals surface area (Å²) in [6.45, 7) is 1.86. The van der Waals surface area contributed by atoms with Crippen molar-refractivity contribution in [2.24, 2.45) is 14.1 Å². The van der Waals surface area contributed by atoms with Crippen LogP contribution in [0.1, 0.15) is 64.7 Å². The summed E-state index contributed by atoms with van der Waals surface area (Å²) in [5.74, 6) is -2.29. The molecular formula is C28H33N7O7. The molecule has 14 nitrogen and oxygen atoms in total. The summed E-state index contributed by atoms with van der Waals surface area (Å²) in [6, 6.07) is 7.58. The molecule has 4 rings (SSSR count). The molecule has 14 heteroatoms. The summed E-state index contributed by atoms with van der Waals surface area (Å²) >= 11 is 0. The van der Waals surface area contributed by atoms with E-state index >= 15 is 0 Å². The van der Waals surface area contributed by atoms with Crippen LogP contribution >= 0.6 is 0 Å². The fraction of sp³-hybridized carbons (Fsp3) is 0.393. The van der Waals surface area contributed by atoms with Gasteiger partial charge in [0.1, 0.15) is 30.1 Å². The van der Waals surface area contributed by atoms with E-state index in [-0.39, 0.29) is 42.6 Å². The molecule has 1 aliphatic rings. The summed E-state index contributed by atoms with van der Waals surface area (Å²) in [4.78, 5) is 80.9. The van der Waals surface area contributed by atoms with Gasteiger partial charge in [0, 0.05) is 33.1 Å². The standard InChI is InChI=1S/C28H33N7O7/c1-16-27-33-20(15-42-27)25(39)32-19(13-17-9-5-4-6-10-17)23(37)29-12-8-7-11-18(24(38)30-16)31-26(40)21-14-22(36)35(3)28(41)34(21)2/h4-6,9-10,14-16,18-19H,7-8,11-13H2,1-3H3,(H,29,37)(H,30,38)(H,31,40)(H,32,39)/t16-,18-,19-/m0/s1. The van der Waals surface area contributed by atoms with Gasteiger partial charge in [-0.1, -0.05) is 30.3 Å². The van der Waals surface area contributed by atoms with Crippen LogP contribution in [0, 0.1) is 0 Å². The first-order chi connectivity index (χ1) is 20.0. The van der Waals surface area contributed by atoms with Crippen molar-refractivity contribution in [2.45, 2.75) is 50.7 Å². The number of carbonyl (C=O) groups is 4. The van der Waals surface area contributed by atoms with E-state index in [0.29, 0.717) is 12.8 Å². The molecule has 3 aromatic rings. The Bertz CT molecular complexity index is 1590. The molecule has 222 valence electrons. The lowest BCUT2D eigenvalue weighted by molar-refractivity contribution is -0.124. The first kappa shape index (κ1) is 30.0. The highest BCUT2D eigenvalue weighted by molar-refractivity contribution is 5.97. The van der Waals surface area contributed by atoms with Gasteiger partial charge in [-0.15, -0.1) is 0 Å². The number of hydrogen-bond acceptors (Lipinski definition) is 8. The van der Waals surface area contributed by atoms with Gasteiger partial charge in [-0.2, -0.15) is 0 Å². The number of benzene rings is 1. The fourth-order valence-electron chi connectivity index (χ4n) is 4.52. The van der Waals surface area contributed by atoms with Crippen molar-refractivity contribution in [2.75, 3.05) is 6.54 Å². The molecular weight excluding hydrogens is 546 g/mol. The van der Waals surface area contributed by atoms with E-state index in [9.17, 15) is 28.8 Å². The lowest BCUT2D eigenvalue weighted by Crippen LogP contribution is -2.49. The van der Waals surface area contributed by atoms with Crippen LogP contribution in [-0.4, -0.2) is 56.4 Å². The van der Waals surface area contributed by atoms with E-state index in [4.69, 9.17) is 4.42 Å². The van der Waals surface area contributed by atoms with E-state index in [1.54, 1.807) is 6.92 Å². The van der Waals surface area contributed by atoms with Gasteiger partial charge >= 0.3 is 5.69 Å². The third-order valence-corrected chi connectivity index (χ3v) is 6.99. The molecule has 0 saturated heterocycles. The molecule has 0 spiro atoms. The summed E-state index contributed by atoms with van der Waals surface area (Å²) in [7, 11) is 2.64. The van der Waals surface area contributed by atoms with Crippen molar-refractivity contribution in [1.82, 2.24) is 35.4 Å². The highest BCUT2D eigenvalue weighted by Crippen LogP contribution is 2.14. The van der Waals surface area contributed by atoms with Crippen molar-refractivity contribution in [3.63, 3.8) is 0 Å². The summed E-state index contributed by atoms with van der Waals surface area (Å²) in [5.41, 5.74) is -0.758. The second kappa shape index (κ2) is 13.1. The Labute approximate surface area is 240 Å². The van der Waals surface area contributed by atoms with E-state index in [0.717, 1.165) is 27.0 Å². The van der Waals surface area contributed by atoms with Crippen LogP contribution in [0.5, 0.6) is 0 Å². The zero-order valence-corrected chi connectivity index (χ0v) is 23.5. The van der Waals surface area contributed by atoms with Gasteiger partial charge in [0.25, 0.3) is 17.4 Å². The van der Waals surface area contributed by atoms with Gasteiger partial charge in [0.05, 0.1) is 0 Å². The molecule has 2 bridgehead atoms. The number of rotatable bonds is 4. The van der Waals surface area contributed by atoms with Gasteiger partial charge in [-0.25, -0.2) is 9.78 Å². The first-order valence-electron chi connectivity index (χ1n) is 13.5. The number of nitrogens with one attached hydrogen (secondary N) is 4. The first-order valence-corrected chi connectivity index (χ1v) is 13.5. The minimum atomic E-state index is -1.05. The van der Waals surface area contributed by atoms with Crippen molar-refractivity contribution in [1.29, 1.82) is 0 Å². The number of fused-ring (bicyclic) bond motifs is 2. The molecule has 2 aromatic heterocycles. The van der Waals surface area contributed by atoms with Crippen molar-refractivity contribution in [3.8, 4) is 0 Å². The summed E-state index contributed by atoms with van der Waals surface area (Å²) in [6.07, 6.45) is 2.49. The molecule has 3 atom stereocenters. The fourth-order valence-corrected chi connectivity index (χ4v) is 4.52. The minimum Gasteiger partial charge on any atom is -0.446 e. The number of aromatic nitrogens is 3. The normalized spacial score (nSPS) is 20.3. The van der Waals surface area contributed by atoms with Crippen LogP contribution in [0.4, 0.5) is 0 Å². The molecule has 0 aliphatic carbocycles. The number of carbonyl (C=O) groups excluding carboxylic acids is 4. The second-order valence-electron chi connectivity index (χ2n) is 10.1. The molecule has 0 unspecified atom stereocenters. The van der Waals surface area contributed by atoms with Crippen molar-refractivity contribution >= 4 is 23.6 Å². The highest BCUT2D eigenvalue weighted by Gasteiger charge is 2.28. The average Bonchev–Trinajstić information content (AvgIpc) is 3.47. The zero-order chi connectivity index (χ0) is 30.4. The maximum absolute atomic E-state index is 13.2.